The van der Waals surface area contributed by atoms with Crippen molar-refractivity contribution in [2.24, 2.45) is 5.10 Å². The van der Waals surface area contributed by atoms with Gasteiger partial charge in [0.2, 0.25) is 0 Å². The van der Waals surface area contributed by atoms with Crippen molar-refractivity contribution < 1.29 is 14.3 Å². The third-order valence-corrected chi connectivity index (χ3v) is 3.94. The number of rotatable bonds is 7. The summed E-state index contributed by atoms with van der Waals surface area (Å²) in [4.78, 5) is 23.8. The minimum Gasteiger partial charge on any atom is -0.493 e. The number of halogens is 2. The van der Waals surface area contributed by atoms with Crippen LogP contribution in [0.4, 0.5) is 0 Å². The van der Waals surface area contributed by atoms with E-state index in [2.05, 4.69) is 15.8 Å². The van der Waals surface area contributed by atoms with E-state index in [1.165, 1.54) is 24.4 Å². The summed E-state index contributed by atoms with van der Waals surface area (Å²) in [5, 5.41) is 6.96. The molecule has 0 aromatic heterocycles. The highest BCUT2D eigenvalue weighted by Crippen LogP contribution is 2.22. The van der Waals surface area contributed by atoms with Crippen LogP contribution in [0.1, 0.15) is 22.8 Å². The van der Waals surface area contributed by atoms with Crippen molar-refractivity contribution in [1.29, 1.82) is 0 Å². The zero-order chi connectivity index (χ0) is 18.9. The number of carbonyl (C=O) groups excluding carboxylic acids is 2. The SMILES string of the molecule is CCOc1ccccc1/C=N/NC(=O)CNC(=O)c1ccc(Cl)c(Cl)c1. The van der Waals surface area contributed by atoms with Crippen LogP contribution in [0, 0.1) is 0 Å². The number of hydrogen-bond donors (Lipinski definition) is 2. The van der Waals surface area contributed by atoms with Crippen LogP contribution in [-0.2, 0) is 4.79 Å². The molecule has 0 saturated carbocycles. The van der Waals surface area contributed by atoms with E-state index in [9.17, 15) is 9.59 Å². The fraction of sp³-hybridized carbons (Fsp3) is 0.167. The Hall–Kier alpha value is -2.57. The Kier molecular flexibility index (Phi) is 7.44. The summed E-state index contributed by atoms with van der Waals surface area (Å²) in [6, 6.07) is 11.8. The maximum atomic E-state index is 12.0. The van der Waals surface area contributed by atoms with Gasteiger partial charge in [-0.1, -0.05) is 35.3 Å². The van der Waals surface area contributed by atoms with Gasteiger partial charge >= 0.3 is 0 Å². The normalized spacial score (nSPS) is 10.6. The van der Waals surface area contributed by atoms with Crippen molar-refractivity contribution in [3.8, 4) is 5.75 Å². The van der Waals surface area contributed by atoms with Gasteiger partial charge in [0, 0.05) is 11.1 Å². The van der Waals surface area contributed by atoms with Crippen LogP contribution in [0.15, 0.2) is 47.6 Å². The monoisotopic (exact) mass is 393 g/mol. The molecule has 26 heavy (non-hydrogen) atoms. The third kappa shape index (κ3) is 5.75. The lowest BCUT2D eigenvalue weighted by molar-refractivity contribution is -0.120. The number of nitrogens with zero attached hydrogens (tertiary/aromatic N) is 1. The Morgan fingerprint density at radius 1 is 1.15 bits per heavy atom. The molecule has 0 bridgehead atoms. The molecule has 0 atom stereocenters. The molecular formula is C18H17Cl2N3O3. The molecule has 136 valence electrons. The van der Waals surface area contributed by atoms with Crippen LogP contribution >= 0.6 is 23.2 Å². The molecule has 2 aromatic carbocycles. The first-order valence-electron chi connectivity index (χ1n) is 7.78. The quantitative estimate of drug-likeness (QED) is 0.559. The fourth-order valence-corrected chi connectivity index (χ4v) is 2.29. The highest BCUT2D eigenvalue weighted by Gasteiger charge is 2.09. The topological polar surface area (TPSA) is 79.8 Å². The van der Waals surface area contributed by atoms with E-state index in [1.807, 2.05) is 31.2 Å². The van der Waals surface area contributed by atoms with Crippen molar-refractivity contribution in [3.05, 3.63) is 63.6 Å². The summed E-state index contributed by atoms with van der Waals surface area (Å²) in [5.74, 6) is -0.242. The first-order chi connectivity index (χ1) is 12.5. The van der Waals surface area contributed by atoms with Crippen molar-refractivity contribution in [2.75, 3.05) is 13.2 Å². The Morgan fingerprint density at radius 3 is 2.65 bits per heavy atom. The van der Waals surface area contributed by atoms with Crippen molar-refractivity contribution in [2.45, 2.75) is 6.92 Å². The Labute approximate surface area is 161 Å². The van der Waals surface area contributed by atoms with E-state index >= 15 is 0 Å². The van der Waals surface area contributed by atoms with Gasteiger partial charge < -0.3 is 10.1 Å². The summed E-state index contributed by atoms with van der Waals surface area (Å²) in [6.45, 7) is 2.17. The van der Waals surface area contributed by atoms with E-state index in [0.29, 0.717) is 22.9 Å². The largest absolute Gasteiger partial charge is 0.493 e. The molecule has 8 heteroatoms. The number of nitrogens with one attached hydrogen (secondary N) is 2. The van der Waals surface area contributed by atoms with Gasteiger partial charge in [0.25, 0.3) is 11.8 Å². The van der Waals surface area contributed by atoms with Gasteiger partial charge in [0.15, 0.2) is 0 Å². The number of hydrogen-bond acceptors (Lipinski definition) is 4. The zero-order valence-corrected chi connectivity index (χ0v) is 15.5. The summed E-state index contributed by atoms with van der Waals surface area (Å²) in [5.41, 5.74) is 3.38. The van der Waals surface area contributed by atoms with Crippen LogP contribution in [0.5, 0.6) is 5.75 Å². The fourth-order valence-electron chi connectivity index (χ4n) is 1.99. The van der Waals surface area contributed by atoms with Crippen molar-refractivity contribution in [3.63, 3.8) is 0 Å². The predicted molar refractivity (Wildman–Crippen MR) is 102 cm³/mol. The lowest BCUT2D eigenvalue weighted by atomic mass is 10.2. The first-order valence-corrected chi connectivity index (χ1v) is 8.54. The van der Waals surface area contributed by atoms with Gasteiger partial charge in [-0.15, -0.1) is 0 Å². The number of ether oxygens (including phenoxy) is 1. The number of carbonyl (C=O) groups is 2. The molecule has 0 unspecified atom stereocenters. The van der Waals surface area contributed by atoms with Crippen LogP contribution in [0.2, 0.25) is 10.0 Å². The summed E-state index contributed by atoms with van der Waals surface area (Å²) in [6.07, 6.45) is 1.48. The summed E-state index contributed by atoms with van der Waals surface area (Å²) in [7, 11) is 0. The Morgan fingerprint density at radius 2 is 1.92 bits per heavy atom. The minimum absolute atomic E-state index is 0.233. The number of amides is 2. The van der Waals surface area contributed by atoms with Crippen LogP contribution < -0.4 is 15.5 Å². The standard InChI is InChI=1S/C18H17Cl2N3O3/c1-2-26-16-6-4-3-5-13(16)10-22-23-17(24)11-21-18(25)12-7-8-14(19)15(20)9-12/h3-10H,2,11H2,1H3,(H,21,25)(H,23,24)/b22-10+. The van der Waals surface area contributed by atoms with Crippen LogP contribution in [0.3, 0.4) is 0 Å². The molecule has 0 heterocycles. The summed E-state index contributed by atoms with van der Waals surface area (Å²) >= 11 is 11.7. The molecule has 0 fully saturated rings. The minimum atomic E-state index is -0.469. The molecule has 0 aliphatic carbocycles. The van der Waals surface area contributed by atoms with Gasteiger partial charge in [-0.3, -0.25) is 9.59 Å². The van der Waals surface area contributed by atoms with E-state index in [0.717, 1.165) is 5.56 Å². The average molecular weight is 394 g/mol. The highest BCUT2D eigenvalue weighted by atomic mass is 35.5. The van der Waals surface area contributed by atoms with Crippen molar-refractivity contribution in [1.82, 2.24) is 10.7 Å². The van der Waals surface area contributed by atoms with Gasteiger partial charge in [-0.05, 0) is 37.3 Å². The number of hydrazone groups is 1. The zero-order valence-electron chi connectivity index (χ0n) is 14.0. The van der Waals surface area contributed by atoms with E-state index in [4.69, 9.17) is 27.9 Å². The molecular weight excluding hydrogens is 377 g/mol. The highest BCUT2D eigenvalue weighted by molar-refractivity contribution is 6.42. The van der Waals surface area contributed by atoms with Gasteiger partial charge in [-0.25, -0.2) is 5.43 Å². The first kappa shape index (κ1) is 19.8. The molecule has 0 saturated heterocycles. The maximum Gasteiger partial charge on any atom is 0.259 e. The summed E-state index contributed by atoms with van der Waals surface area (Å²) < 4.78 is 5.46. The van der Waals surface area contributed by atoms with Gasteiger partial charge in [-0.2, -0.15) is 5.10 Å². The van der Waals surface area contributed by atoms with E-state index in [-0.39, 0.29) is 11.6 Å². The average Bonchev–Trinajstić information content (AvgIpc) is 2.63. The lowest BCUT2D eigenvalue weighted by Crippen LogP contribution is -2.34. The smallest absolute Gasteiger partial charge is 0.259 e. The molecule has 0 aliphatic rings. The molecule has 2 rings (SSSR count). The second kappa shape index (κ2) is 9.79. The second-order valence-electron chi connectivity index (χ2n) is 5.08. The Bertz CT molecular complexity index is 825. The second-order valence-corrected chi connectivity index (χ2v) is 5.89. The van der Waals surface area contributed by atoms with E-state index < -0.39 is 11.8 Å². The molecule has 0 aliphatic heterocycles. The van der Waals surface area contributed by atoms with Crippen LogP contribution in [-0.4, -0.2) is 31.2 Å². The maximum absolute atomic E-state index is 12.0. The lowest BCUT2D eigenvalue weighted by Gasteiger charge is -2.06. The number of benzene rings is 2. The third-order valence-electron chi connectivity index (χ3n) is 3.20. The number of para-hydroxylation sites is 1. The van der Waals surface area contributed by atoms with Crippen molar-refractivity contribution >= 4 is 41.2 Å². The molecule has 0 spiro atoms. The van der Waals surface area contributed by atoms with Gasteiger partial charge in [0.1, 0.15) is 5.75 Å². The molecule has 0 radical (unpaired) electrons. The Balaban J connectivity index is 1.85. The predicted octanol–water partition coefficient (Wildman–Crippen LogP) is 3.27. The van der Waals surface area contributed by atoms with Gasteiger partial charge in [0.05, 0.1) is 29.4 Å². The molecule has 2 N–H and O–H groups in total. The molecule has 2 aromatic rings. The van der Waals surface area contributed by atoms with E-state index in [1.54, 1.807) is 0 Å². The molecule has 2 amide bonds. The van der Waals surface area contributed by atoms with Crippen LogP contribution in [0.25, 0.3) is 0 Å². The molecule has 6 nitrogen and oxygen atoms in total.